The molecule has 0 spiro atoms. The molecule has 0 bridgehead atoms. The Bertz CT molecular complexity index is 863. The molecule has 1 aliphatic heterocycles. The molecule has 1 aromatic carbocycles. The Labute approximate surface area is 169 Å². The van der Waals surface area contributed by atoms with Gasteiger partial charge in [0.15, 0.2) is 0 Å². The van der Waals surface area contributed by atoms with Gasteiger partial charge < -0.3 is 15.0 Å². The van der Waals surface area contributed by atoms with Gasteiger partial charge in [0.05, 0.1) is 18.7 Å². The fraction of sp³-hybridized carbons (Fsp3) is 0.500. The fourth-order valence-corrected chi connectivity index (χ4v) is 4.44. The fourth-order valence-electron chi connectivity index (χ4n) is 3.42. The van der Waals surface area contributed by atoms with Crippen molar-refractivity contribution in [3.8, 4) is 5.75 Å². The van der Waals surface area contributed by atoms with Crippen molar-refractivity contribution in [1.82, 2.24) is 10.2 Å². The molecule has 150 valence electrons. The molecule has 3 rings (SSSR count). The van der Waals surface area contributed by atoms with Crippen LogP contribution in [0.5, 0.6) is 5.75 Å². The Morgan fingerprint density at radius 3 is 2.79 bits per heavy atom. The monoisotopic (exact) mass is 402 g/mol. The largest absolute Gasteiger partial charge is 0.495 e. The van der Waals surface area contributed by atoms with Crippen molar-refractivity contribution < 1.29 is 14.3 Å². The predicted octanol–water partition coefficient (Wildman–Crippen LogP) is 3.75. The summed E-state index contributed by atoms with van der Waals surface area (Å²) in [6.45, 7) is 6.52. The van der Waals surface area contributed by atoms with Crippen molar-refractivity contribution >= 4 is 34.0 Å². The summed E-state index contributed by atoms with van der Waals surface area (Å²) >= 11 is 1.41. The number of carbonyl (C=O) groups is 2. The third-order valence-electron chi connectivity index (χ3n) is 5.13. The molecule has 1 fully saturated rings. The maximum Gasteiger partial charge on any atom is 0.231 e. The minimum absolute atomic E-state index is 0.0842. The number of hydrogen-bond acceptors (Lipinski definition) is 6. The standard InChI is InChI=1S/C20H26N4O3S/c1-5-13(6-2)19-22-23-20(28-19)21-18(26)14-10-17(25)24(11-14)15-9-12(3)7-8-16(15)27-4/h7-9,13-14H,5-6,10-11H2,1-4H3,(H,21,23,26). The van der Waals surface area contributed by atoms with Gasteiger partial charge in [-0.25, -0.2) is 0 Å². The molecule has 2 aromatic rings. The number of aromatic nitrogens is 2. The van der Waals surface area contributed by atoms with Crippen LogP contribution >= 0.6 is 11.3 Å². The van der Waals surface area contributed by atoms with E-state index >= 15 is 0 Å². The van der Waals surface area contributed by atoms with E-state index < -0.39 is 5.92 Å². The van der Waals surface area contributed by atoms with Crippen LogP contribution in [0.25, 0.3) is 0 Å². The maximum atomic E-state index is 12.7. The number of nitrogens with one attached hydrogen (secondary N) is 1. The van der Waals surface area contributed by atoms with Crippen LogP contribution in [-0.2, 0) is 9.59 Å². The van der Waals surface area contributed by atoms with Crippen LogP contribution in [0.15, 0.2) is 18.2 Å². The Hall–Kier alpha value is -2.48. The highest BCUT2D eigenvalue weighted by Crippen LogP contribution is 2.34. The summed E-state index contributed by atoms with van der Waals surface area (Å²) in [5.41, 5.74) is 1.73. The SMILES string of the molecule is CCC(CC)c1nnc(NC(=O)C2CC(=O)N(c3cc(C)ccc3OC)C2)s1. The van der Waals surface area contributed by atoms with Gasteiger partial charge in [-0.1, -0.05) is 31.3 Å². The molecule has 1 aliphatic rings. The van der Waals surface area contributed by atoms with E-state index in [4.69, 9.17) is 4.74 Å². The first-order valence-electron chi connectivity index (χ1n) is 9.56. The highest BCUT2D eigenvalue weighted by atomic mass is 32.1. The highest BCUT2D eigenvalue weighted by Gasteiger charge is 2.36. The quantitative estimate of drug-likeness (QED) is 0.762. The Morgan fingerprint density at radius 2 is 2.11 bits per heavy atom. The van der Waals surface area contributed by atoms with Gasteiger partial charge >= 0.3 is 0 Å². The Kier molecular flexibility index (Phi) is 6.28. The summed E-state index contributed by atoms with van der Waals surface area (Å²) < 4.78 is 5.39. The van der Waals surface area contributed by atoms with Gasteiger partial charge in [0.2, 0.25) is 16.9 Å². The number of methoxy groups -OCH3 is 1. The molecular formula is C20H26N4O3S. The van der Waals surface area contributed by atoms with Gasteiger partial charge in [0.25, 0.3) is 0 Å². The number of carbonyl (C=O) groups excluding carboxylic acids is 2. The summed E-state index contributed by atoms with van der Waals surface area (Å²) in [5, 5.41) is 12.6. The van der Waals surface area contributed by atoms with Crippen molar-refractivity contribution in [3.05, 3.63) is 28.8 Å². The molecule has 0 saturated carbocycles. The van der Waals surface area contributed by atoms with E-state index in [0.29, 0.717) is 29.0 Å². The third kappa shape index (κ3) is 4.16. The number of rotatable bonds is 7. The topological polar surface area (TPSA) is 84.4 Å². The number of nitrogens with zero attached hydrogens (tertiary/aromatic N) is 3. The molecule has 2 heterocycles. The number of amides is 2. The zero-order valence-electron chi connectivity index (χ0n) is 16.7. The molecule has 1 unspecified atom stereocenters. The summed E-state index contributed by atoms with van der Waals surface area (Å²) in [6, 6.07) is 5.68. The van der Waals surface area contributed by atoms with E-state index in [9.17, 15) is 9.59 Å². The summed E-state index contributed by atoms with van der Waals surface area (Å²) in [6.07, 6.45) is 2.15. The first-order valence-corrected chi connectivity index (χ1v) is 10.4. The lowest BCUT2D eigenvalue weighted by molar-refractivity contribution is -0.122. The second kappa shape index (κ2) is 8.68. The van der Waals surface area contributed by atoms with E-state index in [1.165, 1.54) is 11.3 Å². The average molecular weight is 403 g/mol. The molecule has 1 saturated heterocycles. The van der Waals surface area contributed by atoms with Crippen LogP contribution in [0.3, 0.4) is 0 Å². The van der Waals surface area contributed by atoms with E-state index in [-0.39, 0.29) is 18.2 Å². The molecule has 28 heavy (non-hydrogen) atoms. The lowest BCUT2D eigenvalue weighted by Gasteiger charge is -2.20. The summed E-state index contributed by atoms with van der Waals surface area (Å²) in [5.74, 6) is 0.270. The highest BCUT2D eigenvalue weighted by molar-refractivity contribution is 7.15. The molecule has 1 N–H and O–H groups in total. The second-order valence-corrected chi connectivity index (χ2v) is 8.04. The average Bonchev–Trinajstić information content (AvgIpc) is 3.29. The summed E-state index contributed by atoms with van der Waals surface area (Å²) in [4.78, 5) is 26.9. The number of ether oxygens (including phenoxy) is 1. The molecule has 0 radical (unpaired) electrons. The lowest BCUT2D eigenvalue weighted by Crippen LogP contribution is -2.28. The Morgan fingerprint density at radius 1 is 1.36 bits per heavy atom. The van der Waals surface area contributed by atoms with Crippen molar-refractivity contribution in [3.63, 3.8) is 0 Å². The molecule has 8 heteroatoms. The zero-order chi connectivity index (χ0) is 20.3. The van der Waals surface area contributed by atoms with E-state index in [1.54, 1.807) is 12.0 Å². The molecule has 1 atom stereocenters. The van der Waals surface area contributed by atoms with E-state index in [2.05, 4.69) is 29.4 Å². The number of hydrogen-bond donors (Lipinski definition) is 1. The van der Waals surface area contributed by atoms with Crippen molar-refractivity contribution in [2.75, 3.05) is 23.9 Å². The predicted molar refractivity (Wildman–Crippen MR) is 110 cm³/mol. The number of benzene rings is 1. The van der Waals surface area contributed by atoms with Crippen LogP contribution in [0, 0.1) is 12.8 Å². The van der Waals surface area contributed by atoms with Gasteiger partial charge in [-0.05, 0) is 37.5 Å². The first-order chi connectivity index (χ1) is 13.5. The van der Waals surface area contributed by atoms with Crippen molar-refractivity contribution in [1.29, 1.82) is 0 Å². The van der Waals surface area contributed by atoms with Gasteiger partial charge in [0, 0.05) is 18.9 Å². The van der Waals surface area contributed by atoms with Gasteiger partial charge in [-0.2, -0.15) is 0 Å². The molecule has 7 nitrogen and oxygen atoms in total. The third-order valence-corrected chi connectivity index (χ3v) is 6.13. The van der Waals surface area contributed by atoms with Crippen molar-refractivity contribution in [2.24, 2.45) is 5.92 Å². The molecular weight excluding hydrogens is 376 g/mol. The van der Waals surface area contributed by atoms with Crippen LogP contribution in [-0.4, -0.2) is 35.7 Å². The second-order valence-electron chi connectivity index (χ2n) is 7.03. The minimum atomic E-state index is -0.432. The lowest BCUT2D eigenvalue weighted by atomic mass is 10.1. The maximum absolute atomic E-state index is 12.7. The smallest absolute Gasteiger partial charge is 0.231 e. The molecule has 0 aliphatic carbocycles. The number of anilines is 2. The first kappa shape index (κ1) is 20.3. The van der Waals surface area contributed by atoms with E-state index in [1.807, 2.05) is 25.1 Å². The van der Waals surface area contributed by atoms with Crippen molar-refractivity contribution in [2.45, 2.75) is 46.0 Å². The van der Waals surface area contributed by atoms with Gasteiger partial charge in [-0.3, -0.25) is 9.59 Å². The van der Waals surface area contributed by atoms with Gasteiger partial charge in [-0.15, -0.1) is 10.2 Å². The molecule has 2 amide bonds. The van der Waals surface area contributed by atoms with Crippen LogP contribution < -0.4 is 15.0 Å². The minimum Gasteiger partial charge on any atom is -0.495 e. The van der Waals surface area contributed by atoms with E-state index in [0.717, 1.165) is 23.4 Å². The Balaban J connectivity index is 1.70. The van der Waals surface area contributed by atoms with Crippen LogP contribution in [0.4, 0.5) is 10.8 Å². The zero-order valence-corrected chi connectivity index (χ0v) is 17.5. The summed E-state index contributed by atoms with van der Waals surface area (Å²) in [7, 11) is 1.58. The number of aryl methyl sites for hydroxylation is 1. The van der Waals surface area contributed by atoms with Gasteiger partial charge in [0.1, 0.15) is 10.8 Å². The molecule has 1 aromatic heterocycles. The van der Waals surface area contributed by atoms with Crippen LogP contribution in [0.2, 0.25) is 0 Å². The van der Waals surface area contributed by atoms with Crippen LogP contribution in [0.1, 0.15) is 49.6 Å². The normalized spacial score (nSPS) is 16.7.